The van der Waals surface area contributed by atoms with Crippen LogP contribution in [0.25, 0.3) is 0 Å². The van der Waals surface area contributed by atoms with Gasteiger partial charge in [0.2, 0.25) is 5.91 Å². The molecule has 1 aliphatic heterocycles. The standard InChI is InChI=1S/C11H12F3N3O2/c12-11(13,14)8-2-1-3-9(16-8)17-10(18)7-6-19-5-4-15-7/h1-3,7,15H,4-6H2,(H,16,17,18). The topological polar surface area (TPSA) is 63.2 Å². The second-order valence-electron chi connectivity index (χ2n) is 3.98. The first kappa shape index (κ1) is 13.8. The van der Waals surface area contributed by atoms with Gasteiger partial charge in [0.15, 0.2) is 0 Å². The van der Waals surface area contributed by atoms with Crippen molar-refractivity contribution < 1.29 is 22.7 Å². The van der Waals surface area contributed by atoms with Gasteiger partial charge in [0, 0.05) is 6.54 Å². The second kappa shape index (κ2) is 5.54. The summed E-state index contributed by atoms with van der Waals surface area (Å²) in [5.41, 5.74) is -1.04. The van der Waals surface area contributed by atoms with E-state index in [-0.39, 0.29) is 12.4 Å². The molecule has 0 aromatic carbocycles. The molecule has 104 valence electrons. The quantitative estimate of drug-likeness (QED) is 0.846. The summed E-state index contributed by atoms with van der Waals surface area (Å²) in [4.78, 5) is 15.1. The number of morpholine rings is 1. The van der Waals surface area contributed by atoms with E-state index >= 15 is 0 Å². The number of aromatic nitrogens is 1. The van der Waals surface area contributed by atoms with E-state index in [0.29, 0.717) is 13.2 Å². The van der Waals surface area contributed by atoms with Gasteiger partial charge in [-0.1, -0.05) is 6.07 Å². The zero-order valence-electron chi connectivity index (χ0n) is 9.83. The molecule has 0 saturated carbocycles. The molecule has 2 heterocycles. The smallest absolute Gasteiger partial charge is 0.378 e. The largest absolute Gasteiger partial charge is 0.433 e. The highest BCUT2D eigenvalue weighted by atomic mass is 19.4. The molecule has 2 rings (SSSR count). The summed E-state index contributed by atoms with van der Waals surface area (Å²) in [5, 5.41) is 5.23. The molecule has 1 unspecified atom stereocenters. The minimum absolute atomic E-state index is 0.132. The van der Waals surface area contributed by atoms with Gasteiger partial charge < -0.3 is 15.4 Å². The van der Waals surface area contributed by atoms with Crippen LogP contribution in [0.2, 0.25) is 0 Å². The number of pyridine rings is 1. The number of hydrogen-bond acceptors (Lipinski definition) is 4. The van der Waals surface area contributed by atoms with Gasteiger partial charge in [-0.2, -0.15) is 13.2 Å². The van der Waals surface area contributed by atoms with Crippen molar-refractivity contribution in [2.75, 3.05) is 25.1 Å². The SMILES string of the molecule is O=C(Nc1cccc(C(F)(F)F)n1)C1COCCN1. The number of carbonyl (C=O) groups is 1. The van der Waals surface area contributed by atoms with Crippen LogP contribution in [-0.4, -0.2) is 36.7 Å². The number of halogens is 3. The summed E-state index contributed by atoms with van der Waals surface area (Å²) in [6, 6.07) is 2.76. The fraction of sp³-hybridized carbons (Fsp3) is 0.455. The normalized spacial score (nSPS) is 20.1. The van der Waals surface area contributed by atoms with E-state index in [2.05, 4.69) is 15.6 Å². The molecule has 1 atom stereocenters. The maximum atomic E-state index is 12.5. The highest BCUT2D eigenvalue weighted by molar-refractivity contribution is 5.94. The van der Waals surface area contributed by atoms with Crippen LogP contribution >= 0.6 is 0 Å². The monoisotopic (exact) mass is 275 g/mol. The maximum Gasteiger partial charge on any atom is 0.433 e. The average molecular weight is 275 g/mol. The number of rotatable bonds is 2. The second-order valence-corrected chi connectivity index (χ2v) is 3.98. The first-order chi connectivity index (χ1) is 8.97. The summed E-state index contributed by atoms with van der Waals surface area (Å²) < 4.78 is 42.5. The number of ether oxygens (including phenoxy) is 1. The van der Waals surface area contributed by atoms with Crippen LogP contribution in [0.5, 0.6) is 0 Å². The Morgan fingerprint density at radius 3 is 2.89 bits per heavy atom. The third-order valence-corrected chi connectivity index (χ3v) is 2.53. The molecule has 0 bridgehead atoms. The van der Waals surface area contributed by atoms with E-state index in [0.717, 1.165) is 6.07 Å². The highest BCUT2D eigenvalue weighted by Gasteiger charge is 2.32. The molecule has 1 aliphatic rings. The molecule has 1 aromatic heterocycles. The molecular weight excluding hydrogens is 263 g/mol. The van der Waals surface area contributed by atoms with E-state index < -0.39 is 23.8 Å². The highest BCUT2D eigenvalue weighted by Crippen LogP contribution is 2.28. The van der Waals surface area contributed by atoms with Crippen LogP contribution in [0.1, 0.15) is 5.69 Å². The lowest BCUT2D eigenvalue weighted by Gasteiger charge is -2.22. The minimum atomic E-state index is -4.53. The fourth-order valence-corrected chi connectivity index (χ4v) is 1.61. The van der Waals surface area contributed by atoms with E-state index in [9.17, 15) is 18.0 Å². The van der Waals surface area contributed by atoms with E-state index in [1.54, 1.807) is 0 Å². The van der Waals surface area contributed by atoms with E-state index in [4.69, 9.17) is 4.74 Å². The number of hydrogen-bond donors (Lipinski definition) is 2. The lowest BCUT2D eigenvalue weighted by atomic mass is 10.2. The van der Waals surface area contributed by atoms with Gasteiger partial charge in [-0.15, -0.1) is 0 Å². The molecule has 2 N–H and O–H groups in total. The molecule has 1 amide bonds. The van der Waals surface area contributed by atoms with Crippen molar-refractivity contribution >= 4 is 11.7 Å². The van der Waals surface area contributed by atoms with Crippen molar-refractivity contribution in [3.8, 4) is 0 Å². The lowest BCUT2D eigenvalue weighted by molar-refractivity contribution is -0.141. The Morgan fingerprint density at radius 1 is 1.47 bits per heavy atom. The molecule has 1 fully saturated rings. The van der Waals surface area contributed by atoms with Crippen molar-refractivity contribution in [1.82, 2.24) is 10.3 Å². The van der Waals surface area contributed by atoms with Crippen LogP contribution in [-0.2, 0) is 15.7 Å². The van der Waals surface area contributed by atoms with Crippen LogP contribution in [0, 0.1) is 0 Å². The molecule has 0 radical (unpaired) electrons. The fourth-order valence-electron chi connectivity index (χ4n) is 1.61. The van der Waals surface area contributed by atoms with Crippen molar-refractivity contribution in [2.45, 2.75) is 12.2 Å². The maximum absolute atomic E-state index is 12.5. The van der Waals surface area contributed by atoms with Crippen LogP contribution in [0.3, 0.4) is 0 Å². The summed E-state index contributed by atoms with van der Waals surface area (Å²) in [5.74, 6) is -0.598. The Bertz CT molecular complexity index is 459. The zero-order chi connectivity index (χ0) is 13.9. The first-order valence-corrected chi connectivity index (χ1v) is 5.63. The Kier molecular flexibility index (Phi) is 4.01. The Labute approximate surface area is 107 Å². The number of anilines is 1. The molecule has 1 aromatic rings. The van der Waals surface area contributed by atoms with Gasteiger partial charge >= 0.3 is 6.18 Å². The molecule has 0 spiro atoms. The van der Waals surface area contributed by atoms with Gasteiger partial charge in [0.05, 0.1) is 13.2 Å². The van der Waals surface area contributed by atoms with Gasteiger partial charge in [-0.3, -0.25) is 4.79 Å². The summed E-state index contributed by atoms with van der Waals surface area (Å²) >= 11 is 0. The van der Waals surface area contributed by atoms with Crippen molar-refractivity contribution in [3.05, 3.63) is 23.9 Å². The van der Waals surface area contributed by atoms with Crippen molar-refractivity contribution in [1.29, 1.82) is 0 Å². The summed E-state index contributed by atoms with van der Waals surface area (Å²) in [6.07, 6.45) is -4.53. The number of nitrogens with zero attached hydrogens (tertiary/aromatic N) is 1. The van der Waals surface area contributed by atoms with Gasteiger partial charge in [-0.25, -0.2) is 4.98 Å². The van der Waals surface area contributed by atoms with Crippen LogP contribution < -0.4 is 10.6 Å². The van der Waals surface area contributed by atoms with Crippen molar-refractivity contribution in [3.63, 3.8) is 0 Å². The van der Waals surface area contributed by atoms with Gasteiger partial charge in [0.25, 0.3) is 0 Å². The van der Waals surface area contributed by atoms with Crippen LogP contribution in [0.4, 0.5) is 19.0 Å². The predicted octanol–water partition coefficient (Wildman–Crippen LogP) is 1.03. The van der Waals surface area contributed by atoms with Crippen LogP contribution in [0.15, 0.2) is 18.2 Å². The summed E-state index contributed by atoms with van der Waals surface area (Å²) in [6.45, 7) is 1.21. The summed E-state index contributed by atoms with van der Waals surface area (Å²) in [7, 11) is 0. The molecule has 19 heavy (non-hydrogen) atoms. The van der Waals surface area contributed by atoms with E-state index in [1.807, 2.05) is 0 Å². The predicted molar refractivity (Wildman–Crippen MR) is 60.5 cm³/mol. The molecular formula is C11H12F3N3O2. The lowest BCUT2D eigenvalue weighted by Crippen LogP contribution is -2.48. The molecule has 5 nitrogen and oxygen atoms in total. The Morgan fingerprint density at radius 2 is 2.26 bits per heavy atom. The Hall–Kier alpha value is -1.67. The van der Waals surface area contributed by atoms with Gasteiger partial charge in [0.1, 0.15) is 17.6 Å². The number of amides is 1. The van der Waals surface area contributed by atoms with Gasteiger partial charge in [-0.05, 0) is 12.1 Å². The number of alkyl halides is 3. The average Bonchev–Trinajstić information content (AvgIpc) is 2.39. The molecule has 8 heteroatoms. The zero-order valence-corrected chi connectivity index (χ0v) is 9.83. The number of carbonyl (C=O) groups excluding carboxylic acids is 1. The minimum Gasteiger partial charge on any atom is -0.378 e. The van der Waals surface area contributed by atoms with E-state index in [1.165, 1.54) is 12.1 Å². The third-order valence-electron chi connectivity index (χ3n) is 2.53. The molecule has 0 aliphatic carbocycles. The Balaban J connectivity index is 2.04. The third kappa shape index (κ3) is 3.65. The molecule has 1 saturated heterocycles. The number of nitrogens with one attached hydrogen (secondary N) is 2. The first-order valence-electron chi connectivity index (χ1n) is 5.63. The van der Waals surface area contributed by atoms with Crippen molar-refractivity contribution in [2.24, 2.45) is 0 Å².